The number of halogens is 3. The van der Waals surface area contributed by atoms with E-state index in [4.69, 9.17) is 4.42 Å². The normalized spacial score (nSPS) is 16.6. The van der Waals surface area contributed by atoms with Crippen molar-refractivity contribution in [3.8, 4) is 5.75 Å². The number of nitrogens with zero attached hydrogens (tertiary/aromatic N) is 3. The van der Waals surface area contributed by atoms with E-state index >= 15 is 0 Å². The number of phenolic OH excluding ortho intramolecular Hbond substituents is 1. The van der Waals surface area contributed by atoms with E-state index in [1.54, 1.807) is 13.0 Å². The molecule has 1 aromatic carbocycles. The summed E-state index contributed by atoms with van der Waals surface area (Å²) >= 11 is 0. The van der Waals surface area contributed by atoms with Gasteiger partial charge in [-0.1, -0.05) is 13.8 Å². The van der Waals surface area contributed by atoms with Gasteiger partial charge in [-0.2, -0.15) is 13.2 Å². The van der Waals surface area contributed by atoms with Gasteiger partial charge in [0.2, 0.25) is 0 Å². The average molecular weight is 600 g/mol. The van der Waals surface area contributed by atoms with Crippen LogP contribution in [-0.2, 0) is 21.0 Å². The summed E-state index contributed by atoms with van der Waals surface area (Å²) in [5.74, 6) is -2.72. The van der Waals surface area contributed by atoms with Crippen LogP contribution < -0.4 is 10.0 Å². The number of sulfonamides is 1. The molecule has 0 radical (unpaired) electrons. The number of aryl methyl sites for hydroxylation is 2. The molecule has 1 aromatic heterocycles. The number of alkyl halides is 3. The highest BCUT2D eigenvalue weighted by Gasteiger charge is 2.42. The van der Waals surface area contributed by atoms with E-state index < -0.39 is 67.2 Å². The first-order chi connectivity index (χ1) is 18.8. The molecule has 0 saturated heterocycles. The van der Waals surface area contributed by atoms with Crippen LogP contribution in [0.15, 0.2) is 38.2 Å². The number of carbonyl (C=O) groups excluding carboxylic acids is 2. The molecule has 1 aliphatic heterocycles. The molecule has 0 saturated carbocycles. The minimum absolute atomic E-state index is 0.226. The number of amides is 2. The third kappa shape index (κ3) is 6.19. The van der Waals surface area contributed by atoms with Gasteiger partial charge in [-0.15, -0.1) is 0 Å². The van der Waals surface area contributed by atoms with Crippen molar-refractivity contribution in [3.63, 3.8) is 0 Å². The van der Waals surface area contributed by atoms with Crippen LogP contribution >= 0.6 is 0 Å². The number of amidine groups is 1. The van der Waals surface area contributed by atoms with E-state index in [1.165, 1.54) is 28.2 Å². The van der Waals surface area contributed by atoms with Crippen molar-refractivity contribution in [2.24, 2.45) is 10.9 Å². The van der Waals surface area contributed by atoms with Crippen molar-refractivity contribution in [3.05, 3.63) is 57.0 Å². The molecule has 2 heterocycles. The molecule has 0 fully saturated rings. The van der Waals surface area contributed by atoms with Crippen LogP contribution in [0.5, 0.6) is 5.75 Å². The lowest BCUT2D eigenvalue weighted by atomic mass is 10.0. The molecular formula is C26H32F3N5O6S. The van der Waals surface area contributed by atoms with Gasteiger partial charge in [-0.25, -0.2) is 8.42 Å². The lowest BCUT2D eigenvalue weighted by Gasteiger charge is -2.20. The first-order valence-electron chi connectivity index (χ1n) is 12.3. The Labute approximate surface area is 235 Å². The van der Waals surface area contributed by atoms with Crippen molar-refractivity contribution in [1.29, 1.82) is 0 Å². The van der Waals surface area contributed by atoms with Gasteiger partial charge in [0.05, 0.1) is 16.8 Å². The third-order valence-corrected chi connectivity index (χ3v) is 7.68. The number of anilines is 1. The molecule has 0 aliphatic carbocycles. The minimum Gasteiger partial charge on any atom is -0.505 e. The number of hydrogen-bond donors (Lipinski definition) is 3. The minimum atomic E-state index is -4.99. The Morgan fingerprint density at radius 1 is 1.07 bits per heavy atom. The van der Waals surface area contributed by atoms with Crippen LogP contribution in [0.1, 0.15) is 52.9 Å². The van der Waals surface area contributed by atoms with Gasteiger partial charge >= 0.3 is 6.18 Å². The lowest BCUT2D eigenvalue weighted by Crippen LogP contribution is -2.30. The quantitative estimate of drug-likeness (QED) is 0.411. The van der Waals surface area contributed by atoms with E-state index in [1.807, 2.05) is 20.8 Å². The van der Waals surface area contributed by atoms with Crippen LogP contribution in [0.3, 0.4) is 0 Å². The highest BCUT2D eigenvalue weighted by atomic mass is 32.2. The van der Waals surface area contributed by atoms with Crippen LogP contribution in [0.4, 0.5) is 18.9 Å². The molecule has 2 aromatic rings. The lowest BCUT2D eigenvalue weighted by molar-refractivity contribution is -0.138. The number of hydrogen-bond acceptors (Lipinski definition) is 8. The highest BCUT2D eigenvalue weighted by Crippen LogP contribution is 2.41. The summed E-state index contributed by atoms with van der Waals surface area (Å²) in [7, 11) is 0.529. The fourth-order valence-corrected chi connectivity index (χ4v) is 5.37. The van der Waals surface area contributed by atoms with Crippen LogP contribution in [0.25, 0.3) is 0 Å². The topological polar surface area (TPSA) is 145 Å². The van der Waals surface area contributed by atoms with E-state index in [0.717, 1.165) is 21.4 Å². The smallest absolute Gasteiger partial charge is 0.417 e. The molecule has 0 bridgehead atoms. The van der Waals surface area contributed by atoms with Gasteiger partial charge in [-0.3, -0.25) is 19.3 Å². The molecule has 3 rings (SSSR count). The fraction of sp³-hybridized carbons (Fsp3) is 0.423. The van der Waals surface area contributed by atoms with Crippen LogP contribution in [-0.4, -0.2) is 69.2 Å². The largest absolute Gasteiger partial charge is 0.505 e. The van der Waals surface area contributed by atoms with Gasteiger partial charge in [0.15, 0.2) is 16.5 Å². The molecule has 1 atom stereocenters. The van der Waals surface area contributed by atoms with E-state index in [2.05, 4.69) is 15.0 Å². The zero-order valence-corrected chi connectivity index (χ0v) is 24.6. The summed E-state index contributed by atoms with van der Waals surface area (Å²) in [6, 6.07) is 2.41. The van der Waals surface area contributed by atoms with Crippen molar-refractivity contribution < 1.29 is 40.7 Å². The number of nitrogens with one attached hydrogen (secondary N) is 2. The van der Waals surface area contributed by atoms with E-state index in [0.29, 0.717) is 17.6 Å². The molecule has 0 unspecified atom stereocenters. The second-order valence-electron chi connectivity index (χ2n) is 10.3. The van der Waals surface area contributed by atoms with E-state index in [9.17, 15) is 36.3 Å². The molecule has 2 amide bonds. The fourth-order valence-electron chi connectivity index (χ4n) is 4.03. The van der Waals surface area contributed by atoms with Crippen LogP contribution in [0.2, 0.25) is 0 Å². The second kappa shape index (κ2) is 11.1. The first-order valence-corrected chi connectivity index (χ1v) is 13.8. The summed E-state index contributed by atoms with van der Waals surface area (Å²) in [4.78, 5) is 31.3. The third-order valence-electron chi connectivity index (χ3n) is 6.30. The number of rotatable bonds is 7. The second-order valence-corrected chi connectivity index (χ2v) is 11.9. The predicted molar refractivity (Wildman–Crippen MR) is 146 cm³/mol. The summed E-state index contributed by atoms with van der Waals surface area (Å²) in [5, 5.41) is 13.5. The van der Waals surface area contributed by atoms with Crippen molar-refractivity contribution >= 4 is 33.4 Å². The maximum atomic E-state index is 13.7. The number of phenols is 1. The van der Waals surface area contributed by atoms with Gasteiger partial charge in [-0.05, 0) is 43.5 Å². The Balaban J connectivity index is 2.30. The maximum Gasteiger partial charge on any atom is 0.417 e. The molecule has 15 heteroatoms. The Morgan fingerprint density at radius 2 is 1.66 bits per heavy atom. The Morgan fingerprint density at radius 3 is 2.12 bits per heavy atom. The molecule has 41 heavy (non-hydrogen) atoms. The summed E-state index contributed by atoms with van der Waals surface area (Å²) in [6.07, 6.45) is -4.99. The zero-order chi connectivity index (χ0) is 31.2. The number of likely N-dealkylation sites (N-methyl/N-ethyl adjacent to an activating group) is 1. The van der Waals surface area contributed by atoms with Crippen molar-refractivity contribution in [2.75, 3.05) is 33.5 Å². The molecule has 3 N–H and O–H groups in total. The number of carbonyl (C=O) groups is 2. The van der Waals surface area contributed by atoms with Gasteiger partial charge in [0.25, 0.3) is 21.8 Å². The molecule has 0 spiro atoms. The van der Waals surface area contributed by atoms with Crippen molar-refractivity contribution in [2.45, 2.75) is 39.9 Å². The van der Waals surface area contributed by atoms with Gasteiger partial charge in [0, 0.05) is 28.2 Å². The molecule has 224 valence electrons. The summed E-state index contributed by atoms with van der Waals surface area (Å²) < 4.78 is 75.6. The zero-order valence-electron chi connectivity index (χ0n) is 23.8. The average Bonchev–Trinajstić information content (AvgIpc) is 3.30. The summed E-state index contributed by atoms with van der Waals surface area (Å²) in [5.41, 5.74) is -2.50. The Hall–Kier alpha value is -4.01. The predicted octanol–water partition coefficient (Wildman–Crippen LogP) is 3.76. The van der Waals surface area contributed by atoms with Crippen LogP contribution in [0, 0.1) is 19.8 Å². The van der Waals surface area contributed by atoms with Gasteiger partial charge in [0.1, 0.15) is 23.3 Å². The maximum absolute atomic E-state index is 13.7. The number of aliphatic imine (C=N–C) groups is 1. The Kier molecular flexibility index (Phi) is 8.54. The monoisotopic (exact) mass is 599 g/mol. The molecule has 1 aliphatic rings. The standard InChI is InChI=1S/C26H32F3N5O6S/c1-12(2)19(17-11-13(3)14(4)40-17)31-23-20(22(25(37)34(7)8)41(38,39)32-23)30-16-10-9-15(26(27,28)29)18(21(16)35)24(36)33(5)6/h9-12,19,30,35H,1-8H3,(H,31,32)/t19-/m1/s1. The van der Waals surface area contributed by atoms with Gasteiger partial charge < -0.3 is 24.6 Å². The summed E-state index contributed by atoms with van der Waals surface area (Å²) in [6.45, 7) is 7.21. The Bertz CT molecular complexity index is 1540. The SMILES string of the molecule is Cc1cc([C@H](N=C2NS(=O)(=O)C(C(=O)N(C)C)=C2Nc2ccc(C(F)(F)F)c(C(=O)N(C)C)c2O)C(C)C)oc1C. The molecule has 11 nitrogen and oxygen atoms in total. The number of benzene rings is 1. The van der Waals surface area contributed by atoms with Crippen molar-refractivity contribution in [1.82, 2.24) is 14.5 Å². The molecular weight excluding hydrogens is 567 g/mol. The number of aromatic hydroxyl groups is 1. The highest BCUT2D eigenvalue weighted by molar-refractivity contribution is 7.95. The van der Waals surface area contributed by atoms with E-state index in [-0.39, 0.29) is 11.8 Å². The first kappa shape index (κ1) is 31.5. The number of furan rings is 1.